The average molecular weight is 601 g/mol. The molecule has 3 amide bonds. The van der Waals surface area contributed by atoms with Crippen molar-refractivity contribution in [1.82, 2.24) is 10.2 Å². The molecule has 4 rings (SSSR count). The maximum absolute atomic E-state index is 13.9. The number of carbonyl (C=O) groups is 3. The van der Waals surface area contributed by atoms with Crippen molar-refractivity contribution >= 4 is 39.5 Å². The standard InChI is InChI=1S/C30H38BrN3O5/c1-30(2,3)20-5-11-23(12-6-20)34(29(38)33-22-9-7-21(31)8-10-22)25-15-17-39-26-18-19(4-13-24(25)26)28(37)32-16-14-27(35)36/h4,7-10,13,18,20,23,25H,5-6,11-12,14-17H2,1-3H3,(H,32,37)(H,33,38)(H,35,36). The maximum atomic E-state index is 13.9. The normalized spacial score (nSPS) is 20.8. The summed E-state index contributed by atoms with van der Waals surface area (Å²) < 4.78 is 6.90. The van der Waals surface area contributed by atoms with E-state index in [0.29, 0.717) is 30.3 Å². The fourth-order valence-electron chi connectivity index (χ4n) is 5.69. The van der Waals surface area contributed by atoms with Crippen LogP contribution in [-0.4, -0.2) is 47.1 Å². The van der Waals surface area contributed by atoms with Gasteiger partial charge in [-0.2, -0.15) is 0 Å². The molecule has 39 heavy (non-hydrogen) atoms. The molecule has 0 radical (unpaired) electrons. The van der Waals surface area contributed by atoms with Crippen molar-refractivity contribution in [3.05, 3.63) is 58.1 Å². The van der Waals surface area contributed by atoms with Crippen LogP contribution in [0.1, 0.15) is 81.3 Å². The monoisotopic (exact) mass is 599 g/mol. The molecule has 0 bridgehead atoms. The Morgan fingerprint density at radius 2 is 1.72 bits per heavy atom. The minimum absolute atomic E-state index is 0.0516. The highest BCUT2D eigenvalue weighted by Crippen LogP contribution is 2.43. The molecule has 2 aliphatic rings. The lowest BCUT2D eigenvalue weighted by atomic mass is 9.71. The highest BCUT2D eigenvalue weighted by Gasteiger charge is 2.39. The van der Waals surface area contributed by atoms with Gasteiger partial charge in [0.05, 0.1) is 19.1 Å². The summed E-state index contributed by atoms with van der Waals surface area (Å²) in [5.74, 6) is -0.115. The molecule has 1 aliphatic carbocycles. The Balaban J connectivity index is 1.58. The molecule has 1 atom stereocenters. The first-order valence-electron chi connectivity index (χ1n) is 13.6. The summed E-state index contributed by atoms with van der Waals surface area (Å²) in [5.41, 5.74) is 2.25. The van der Waals surface area contributed by atoms with E-state index in [1.54, 1.807) is 12.1 Å². The first kappa shape index (κ1) is 28.9. The number of carboxylic acid groups (broad SMARTS) is 1. The number of rotatable bonds is 7. The molecule has 210 valence electrons. The van der Waals surface area contributed by atoms with E-state index in [2.05, 4.69) is 47.3 Å². The van der Waals surface area contributed by atoms with Gasteiger partial charge in [0.15, 0.2) is 0 Å². The van der Waals surface area contributed by atoms with Crippen LogP contribution in [0.2, 0.25) is 0 Å². The molecule has 1 saturated carbocycles. The third-order valence-electron chi connectivity index (χ3n) is 7.89. The van der Waals surface area contributed by atoms with Gasteiger partial charge >= 0.3 is 12.0 Å². The molecule has 1 unspecified atom stereocenters. The third kappa shape index (κ3) is 7.32. The van der Waals surface area contributed by atoms with Gasteiger partial charge in [-0.1, -0.05) is 42.8 Å². The van der Waals surface area contributed by atoms with Gasteiger partial charge in [-0.3, -0.25) is 9.59 Å². The van der Waals surface area contributed by atoms with Crippen LogP contribution < -0.4 is 15.4 Å². The number of nitrogens with one attached hydrogen (secondary N) is 2. The Morgan fingerprint density at radius 3 is 2.36 bits per heavy atom. The lowest BCUT2D eigenvalue weighted by Gasteiger charge is -2.45. The first-order valence-corrected chi connectivity index (χ1v) is 14.4. The van der Waals surface area contributed by atoms with Crippen molar-refractivity contribution in [2.45, 2.75) is 71.4 Å². The van der Waals surface area contributed by atoms with Gasteiger partial charge in [0.1, 0.15) is 5.75 Å². The highest BCUT2D eigenvalue weighted by molar-refractivity contribution is 9.10. The number of hydrogen-bond donors (Lipinski definition) is 3. The number of amides is 3. The lowest BCUT2D eigenvalue weighted by Crippen LogP contribution is -2.48. The predicted molar refractivity (Wildman–Crippen MR) is 154 cm³/mol. The number of aliphatic carboxylic acids is 1. The van der Waals surface area contributed by atoms with E-state index in [9.17, 15) is 14.4 Å². The van der Waals surface area contributed by atoms with Crippen LogP contribution in [0.25, 0.3) is 0 Å². The predicted octanol–water partition coefficient (Wildman–Crippen LogP) is 6.62. The number of ether oxygens (including phenoxy) is 1. The van der Waals surface area contributed by atoms with E-state index in [1.165, 1.54) is 0 Å². The summed E-state index contributed by atoms with van der Waals surface area (Å²) in [6.45, 7) is 7.36. The van der Waals surface area contributed by atoms with E-state index in [0.717, 1.165) is 41.4 Å². The molecule has 0 aromatic heterocycles. The number of halogens is 1. The van der Waals surface area contributed by atoms with E-state index in [4.69, 9.17) is 9.84 Å². The molecular weight excluding hydrogens is 562 g/mol. The highest BCUT2D eigenvalue weighted by atomic mass is 79.9. The van der Waals surface area contributed by atoms with Gasteiger partial charge in [0.25, 0.3) is 5.91 Å². The lowest BCUT2D eigenvalue weighted by molar-refractivity contribution is -0.136. The fourth-order valence-corrected chi connectivity index (χ4v) is 5.95. The summed E-state index contributed by atoms with van der Waals surface area (Å²) in [5, 5.41) is 14.6. The molecular formula is C30H38BrN3O5. The van der Waals surface area contributed by atoms with Crippen molar-refractivity contribution in [2.75, 3.05) is 18.5 Å². The van der Waals surface area contributed by atoms with Crippen LogP contribution in [0.4, 0.5) is 10.5 Å². The van der Waals surface area contributed by atoms with Gasteiger partial charge in [0.2, 0.25) is 0 Å². The second kappa shape index (κ2) is 12.4. The second-order valence-electron chi connectivity index (χ2n) is 11.5. The Bertz CT molecular complexity index is 1190. The fraction of sp³-hybridized carbons (Fsp3) is 0.500. The molecule has 9 heteroatoms. The third-order valence-corrected chi connectivity index (χ3v) is 8.42. The number of anilines is 1. The maximum Gasteiger partial charge on any atom is 0.322 e. The number of nitrogens with zero attached hydrogens (tertiary/aromatic N) is 1. The Kier molecular flexibility index (Phi) is 9.20. The van der Waals surface area contributed by atoms with Crippen LogP contribution in [-0.2, 0) is 4.79 Å². The van der Waals surface area contributed by atoms with Gasteiger partial charge in [-0.05, 0) is 73.4 Å². The first-order chi connectivity index (χ1) is 18.5. The molecule has 3 N–H and O–H groups in total. The smallest absolute Gasteiger partial charge is 0.322 e. The van der Waals surface area contributed by atoms with Crippen LogP contribution in [0.15, 0.2) is 46.9 Å². The summed E-state index contributed by atoms with van der Waals surface area (Å²) in [6.07, 6.45) is 4.53. The zero-order valence-electron chi connectivity index (χ0n) is 22.8. The van der Waals surface area contributed by atoms with Crippen LogP contribution in [0.3, 0.4) is 0 Å². The Labute approximate surface area is 238 Å². The zero-order valence-corrected chi connectivity index (χ0v) is 24.4. The van der Waals surface area contributed by atoms with Gasteiger partial charge in [0, 0.05) is 40.3 Å². The van der Waals surface area contributed by atoms with Crippen molar-refractivity contribution in [1.29, 1.82) is 0 Å². The molecule has 0 saturated heterocycles. The molecule has 2 aromatic rings. The van der Waals surface area contributed by atoms with Crippen molar-refractivity contribution in [2.24, 2.45) is 11.3 Å². The van der Waals surface area contributed by atoms with Gasteiger partial charge in [-0.25, -0.2) is 4.79 Å². The number of fused-ring (bicyclic) bond motifs is 1. The minimum atomic E-state index is -0.968. The SMILES string of the molecule is CC(C)(C)C1CCC(N(C(=O)Nc2ccc(Br)cc2)C2CCOc3cc(C(=O)NCCC(=O)O)ccc32)CC1. The summed E-state index contributed by atoms with van der Waals surface area (Å²) in [4.78, 5) is 39.3. The van der Waals surface area contributed by atoms with E-state index in [1.807, 2.05) is 35.2 Å². The quantitative estimate of drug-likeness (QED) is 0.331. The van der Waals surface area contributed by atoms with E-state index in [-0.39, 0.29) is 42.4 Å². The molecule has 8 nitrogen and oxygen atoms in total. The minimum Gasteiger partial charge on any atom is -0.493 e. The summed E-state index contributed by atoms with van der Waals surface area (Å²) in [6, 6.07) is 12.6. The second-order valence-corrected chi connectivity index (χ2v) is 12.4. The molecule has 2 aromatic carbocycles. The van der Waals surface area contributed by atoms with Crippen LogP contribution >= 0.6 is 15.9 Å². The number of hydrogen-bond acceptors (Lipinski definition) is 4. The zero-order chi connectivity index (χ0) is 28.2. The Morgan fingerprint density at radius 1 is 1.03 bits per heavy atom. The topological polar surface area (TPSA) is 108 Å². The van der Waals surface area contributed by atoms with Crippen LogP contribution in [0, 0.1) is 11.3 Å². The average Bonchev–Trinajstić information content (AvgIpc) is 2.89. The van der Waals surface area contributed by atoms with Crippen molar-refractivity contribution < 1.29 is 24.2 Å². The van der Waals surface area contributed by atoms with E-state index < -0.39 is 5.97 Å². The number of carbonyl (C=O) groups excluding carboxylic acids is 2. The summed E-state index contributed by atoms with van der Waals surface area (Å²) in [7, 11) is 0. The van der Waals surface area contributed by atoms with Gasteiger partial charge in [-0.15, -0.1) is 0 Å². The van der Waals surface area contributed by atoms with Crippen molar-refractivity contribution in [3.63, 3.8) is 0 Å². The van der Waals surface area contributed by atoms with E-state index >= 15 is 0 Å². The van der Waals surface area contributed by atoms with Gasteiger partial charge < -0.3 is 25.4 Å². The Hall–Kier alpha value is -3.07. The number of benzene rings is 2. The molecule has 0 spiro atoms. The number of urea groups is 1. The van der Waals surface area contributed by atoms with Crippen molar-refractivity contribution in [3.8, 4) is 5.75 Å². The van der Waals surface area contributed by atoms with Crippen LogP contribution in [0.5, 0.6) is 5.75 Å². The largest absolute Gasteiger partial charge is 0.493 e. The molecule has 1 aliphatic heterocycles. The summed E-state index contributed by atoms with van der Waals surface area (Å²) >= 11 is 3.45. The molecule has 1 heterocycles. The number of carboxylic acids is 1. The molecule has 1 fully saturated rings.